The van der Waals surface area contributed by atoms with Crippen LogP contribution in [0.3, 0.4) is 0 Å². The molecule has 1 aromatic heterocycles. The van der Waals surface area contributed by atoms with Gasteiger partial charge in [-0.15, -0.1) is 0 Å². The van der Waals surface area contributed by atoms with Crippen molar-refractivity contribution < 1.29 is 9.47 Å². The van der Waals surface area contributed by atoms with E-state index in [1.165, 1.54) is 0 Å². The Morgan fingerprint density at radius 2 is 2.00 bits per heavy atom. The lowest BCUT2D eigenvalue weighted by molar-refractivity contribution is 0.184. The summed E-state index contributed by atoms with van der Waals surface area (Å²) in [6.45, 7) is 4.32. The Hall–Kier alpha value is -1.91. The molecule has 2 aromatic rings. The molecule has 0 unspecified atom stereocenters. The van der Waals surface area contributed by atoms with Gasteiger partial charge < -0.3 is 14.8 Å². The maximum absolute atomic E-state index is 5.79. The Bertz CT molecular complexity index is 544. The first kappa shape index (κ1) is 14.5. The van der Waals surface area contributed by atoms with Crippen LogP contribution in [0.2, 0.25) is 0 Å². The second kappa shape index (κ2) is 7.62. The Balaban J connectivity index is 2.07. The van der Waals surface area contributed by atoms with Crippen LogP contribution >= 0.6 is 0 Å². The van der Waals surface area contributed by atoms with E-state index >= 15 is 0 Å². The molecule has 0 radical (unpaired) electrons. The van der Waals surface area contributed by atoms with Gasteiger partial charge in [-0.25, -0.2) is 4.98 Å². The predicted molar refractivity (Wildman–Crippen MR) is 78.8 cm³/mol. The summed E-state index contributed by atoms with van der Waals surface area (Å²) in [5.41, 5.74) is 2.05. The summed E-state index contributed by atoms with van der Waals surface area (Å²) in [5, 5.41) is 3.25. The number of hydrogen-bond acceptors (Lipinski definition) is 4. The molecule has 1 N–H and O–H groups in total. The van der Waals surface area contributed by atoms with Crippen LogP contribution in [0.15, 0.2) is 42.5 Å². The highest BCUT2D eigenvalue weighted by Crippen LogP contribution is 2.21. The topological polar surface area (TPSA) is 43.4 Å². The second-order valence-electron chi connectivity index (χ2n) is 4.43. The van der Waals surface area contributed by atoms with Crippen LogP contribution in [0.4, 0.5) is 0 Å². The van der Waals surface area contributed by atoms with Gasteiger partial charge in [0.15, 0.2) is 0 Å². The molecule has 20 heavy (non-hydrogen) atoms. The van der Waals surface area contributed by atoms with Crippen molar-refractivity contribution in [3.8, 4) is 11.6 Å². The fourth-order valence-electron chi connectivity index (χ4n) is 1.85. The van der Waals surface area contributed by atoms with Crippen LogP contribution in [-0.4, -0.2) is 18.6 Å². The van der Waals surface area contributed by atoms with Gasteiger partial charge in [0.2, 0.25) is 5.88 Å². The minimum Gasteiger partial charge on any atom is -0.439 e. The summed E-state index contributed by atoms with van der Waals surface area (Å²) in [5.74, 6) is 1.38. The number of methoxy groups -OCH3 is 1. The van der Waals surface area contributed by atoms with E-state index in [0.717, 1.165) is 30.1 Å². The van der Waals surface area contributed by atoms with Crippen LogP contribution < -0.4 is 10.1 Å². The molecule has 0 spiro atoms. The molecule has 106 valence electrons. The highest BCUT2D eigenvalue weighted by Gasteiger charge is 2.02. The van der Waals surface area contributed by atoms with Crippen molar-refractivity contribution in [3.05, 3.63) is 53.7 Å². The molecule has 0 fully saturated rings. The van der Waals surface area contributed by atoms with Crippen molar-refractivity contribution in [2.45, 2.75) is 20.1 Å². The van der Waals surface area contributed by atoms with Gasteiger partial charge in [-0.3, -0.25) is 0 Å². The van der Waals surface area contributed by atoms with E-state index in [2.05, 4.69) is 17.2 Å². The first-order valence-electron chi connectivity index (χ1n) is 6.74. The lowest BCUT2D eigenvalue weighted by atomic mass is 10.2. The maximum atomic E-state index is 5.79. The molecule has 0 bridgehead atoms. The predicted octanol–water partition coefficient (Wildman–Crippen LogP) is 3.13. The zero-order chi connectivity index (χ0) is 14.2. The van der Waals surface area contributed by atoms with Gasteiger partial charge in [0.25, 0.3) is 0 Å². The molecule has 0 aliphatic heterocycles. The number of hydrogen-bond donors (Lipinski definition) is 1. The zero-order valence-corrected chi connectivity index (χ0v) is 11.9. The summed E-state index contributed by atoms with van der Waals surface area (Å²) >= 11 is 0. The molecule has 0 saturated carbocycles. The number of pyridine rings is 1. The fourth-order valence-corrected chi connectivity index (χ4v) is 1.85. The molecule has 0 aliphatic rings. The van der Waals surface area contributed by atoms with Gasteiger partial charge in [-0.05, 0) is 30.3 Å². The third-order valence-corrected chi connectivity index (χ3v) is 2.77. The Labute approximate surface area is 119 Å². The minimum atomic E-state index is 0.574. The zero-order valence-electron chi connectivity index (χ0n) is 11.9. The Kier molecular flexibility index (Phi) is 5.53. The monoisotopic (exact) mass is 272 g/mol. The third-order valence-electron chi connectivity index (χ3n) is 2.77. The van der Waals surface area contributed by atoms with E-state index in [1.807, 2.05) is 42.5 Å². The normalized spacial score (nSPS) is 10.5. The van der Waals surface area contributed by atoms with E-state index < -0.39 is 0 Å². The Morgan fingerprint density at radius 1 is 1.15 bits per heavy atom. The molecule has 0 aliphatic carbocycles. The van der Waals surface area contributed by atoms with Gasteiger partial charge in [0.1, 0.15) is 5.75 Å². The van der Waals surface area contributed by atoms with Crippen LogP contribution in [0.25, 0.3) is 0 Å². The van der Waals surface area contributed by atoms with Gasteiger partial charge in [0, 0.05) is 19.7 Å². The standard InChI is InChI=1S/C16H20N2O2/c1-3-17-11-14-7-5-9-16(18-14)20-15-8-4-6-13(10-15)12-19-2/h4-10,17H,3,11-12H2,1-2H3. The molecule has 4 nitrogen and oxygen atoms in total. The number of nitrogens with one attached hydrogen (secondary N) is 1. The van der Waals surface area contributed by atoms with E-state index in [-0.39, 0.29) is 0 Å². The fraction of sp³-hybridized carbons (Fsp3) is 0.312. The lowest BCUT2D eigenvalue weighted by Crippen LogP contribution is -2.12. The largest absolute Gasteiger partial charge is 0.439 e. The second-order valence-corrected chi connectivity index (χ2v) is 4.43. The van der Waals surface area contributed by atoms with Gasteiger partial charge >= 0.3 is 0 Å². The molecule has 0 amide bonds. The van der Waals surface area contributed by atoms with E-state index in [4.69, 9.17) is 9.47 Å². The molecule has 1 heterocycles. The van der Waals surface area contributed by atoms with Crippen molar-refractivity contribution in [1.82, 2.24) is 10.3 Å². The van der Waals surface area contributed by atoms with Crippen molar-refractivity contribution in [2.24, 2.45) is 0 Å². The summed E-state index contributed by atoms with van der Waals surface area (Å²) in [6.07, 6.45) is 0. The average molecular weight is 272 g/mol. The SMILES string of the molecule is CCNCc1cccc(Oc2cccc(COC)c2)n1. The van der Waals surface area contributed by atoms with Gasteiger partial charge in [-0.1, -0.05) is 25.1 Å². The number of nitrogens with zero attached hydrogens (tertiary/aromatic N) is 1. The lowest BCUT2D eigenvalue weighted by Gasteiger charge is -2.08. The first-order valence-corrected chi connectivity index (χ1v) is 6.74. The Morgan fingerprint density at radius 3 is 2.80 bits per heavy atom. The van der Waals surface area contributed by atoms with Crippen LogP contribution in [0.1, 0.15) is 18.2 Å². The number of benzene rings is 1. The highest BCUT2D eigenvalue weighted by atomic mass is 16.5. The van der Waals surface area contributed by atoms with Crippen LogP contribution in [-0.2, 0) is 17.9 Å². The van der Waals surface area contributed by atoms with E-state index in [1.54, 1.807) is 7.11 Å². The third kappa shape index (κ3) is 4.33. The number of rotatable bonds is 7. The van der Waals surface area contributed by atoms with Gasteiger partial charge in [0.05, 0.1) is 12.3 Å². The van der Waals surface area contributed by atoms with E-state index in [0.29, 0.717) is 12.5 Å². The first-order chi connectivity index (χ1) is 9.81. The van der Waals surface area contributed by atoms with Crippen molar-refractivity contribution in [2.75, 3.05) is 13.7 Å². The van der Waals surface area contributed by atoms with Crippen molar-refractivity contribution in [3.63, 3.8) is 0 Å². The quantitative estimate of drug-likeness (QED) is 0.841. The van der Waals surface area contributed by atoms with Crippen molar-refractivity contribution in [1.29, 1.82) is 0 Å². The minimum absolute atomic E-state index is 0.574. The van der Waals surface area contributed by atoms with Crippen molar-refractivity contribution >= 4 is 0 Å². The number of ether oxygens (including phenoxy) is 2. The van der Waals surface area contributed by atoms with Crippen LogP contribution in [0.5, 0.6) is 11.6 Å². The summed E-state index contributed by atoms with van der Waals surface area (Å²) < 4.78 is 10.9. The van der Waals surface area contributed by atoms with E-state index in [9.17, 15) is 0 Å². The molecule has 1 aromatic carbocycles. The molecular weight excluding hydrogens is 252 g/mol. The number of aromatic nitrogens is 1. The molecular formula is C16H20N2O2. The molecule has 4 heteroatoms. The van der Waals surface area contributed by atoms with Crippen LogP contribution in [0, 0.1) is 0 Å². The highest BCUT2D eigenvalue weighted by molar-refractivity contribution is 5.31. The molecule has 2 rings (SSSR count). The summed E-state index contributed by atoms with van der Waals surface area (Å²) in [4.78, 5) is 4.47. The smallest absolute Gasteiger partial charge is 0.219 e. The molecule has 0 atom stereocenters. The summed E-state index contributed by atoms with van der Waals surface area (Å²) in [6, 6.07) is 13.6. The van der Waals surface area contributed by atoms with Gasteiger partial charge in [-0.2, -0.15) is 0 Å². The average Bonchev–Trinajstić information content (AvgIpc) is 2.46. The molecule has 0 saturated heterocycles. The maximum Gasteiger partial charge on any atom is 0.219 e. The summed E-state index contributed by atoms with van der Waals surface area (Å²) in [7, 11) is 1.68.